The number of benzene rings is 3. The van der Waals surface area contributed by atoms with Gasteiger partial charge in [-0.2, -0.15) is 0 Å². The van der Waals surface area contributed by atoms with Crippen molar-refractivity contribution in [1.29, 1.82) is 0 Å². The van der Waals surface area contributed by atoms with Gasteiger partial charge in [-0.25, -0.2) is 4.79 Å². The maximum Gasteiger partial charge on any atom is 0.355 e. The van der Waals surface area contributed by atoms with E-state index in [0.29, 0.717) is 16.8 Å². The van der Waals surface area contributed by atoms with Crippen LogP contribution in [0.15, 0.2) is 84.9 Å². The summed E-state index contributed by atoms with van der Waals surface area (Å²) in [6, 6.07) is 24.6. The van der Waals surface area contributed by atoms with Crippen LogP contribution in [0.4, 0.5) is 5.69 Å². The molecule has 0 saturated carbocycles. The molecule has 4 aromatic rings. The number of rotatable bonds is 6. The molecule has 1 atom stereocenters. The summed E-state index contributed by atoms with van der Waals surface area (Å²) in [5.41, 5.74) is 2.52. The van der Waals surface area contributed by atoms with Crippen LogP contribution in [0.2, 0.25) is 0 Å². The molecule has 154 valence electrons. The summed E-state index contributed by atoms with van der Waals surface area (Å²) in [5, 5.41) is 3.61. The number of hydrogen-bond acceptors (Lipinski definition) is 4. The first kappa shape index (κ1) is 20.1. The molecule has 0 unspecified atom stereocenters. The predicted octanol–water partition coefficient (Wildman–Crippen LogP) is 4.91. The number of fused-ring (bicyclic) bond motifs is 1. The summed E-state index contributed by atoms with van der Waals surface area (Å²) in [6.07, 6.45) is -1.17. The van der Waals surface area contributed by atoms with Gasteiger partial charge in [0.15, 0.2) is 5.78 Å². The molecular weight excluding hydrogens is 392 g/mol. The van der Waals surface area contributed by atoms with E-state index in [1.54, 1.807) is 54.6 Å². The molecule has 0 aliphatic rings. The van der Waals surface area contributed by atoms with E-state index in [0.717, 1.165) is 10.9 Å². The van der Waals surface area contributed by atoms with Gasteiger partial charge in [-0.3, -0.25) is 9.59 Å². The molecule has 1 heterocycles. The van der Waals surface area contributed by atoms with Crippen molar-refractivity contribution in [2.75, 3.05) is 5.32 Å². The fraction of sp³-hybridized carbons (Fsp3) is 0.0800. The standard InChI is InChI=1S/C25H20N2O4/c1-16(28)18-11-7-12-20(14-18)26-24(29)23(17-8-3-2-4-9-17)31-25(30)22-15-19-10-5-6-13-21(19)27-22/h2-15,23,27H,1H3,(H,26,29)/t23-/m1/s1. The Morgan fingerprint density at radius 2 is 1.61 bits per heavy atom. The number of esters is 1. The first-order valence-corrected chi connectivity index (χ1v) is 9.77. The molecule has 0 bridgehead atoms. The number of ether oxygens (including phenoxy) is 1. The van der Waals surface area contributed by atoms with Crippen molar-refractivity contribution in [3.63, 3.8) is 0 Å². The number of carbonyl (C=O) groups excluding carboxylic acids is 3. The predicted molar refractivity (Wildman–Crippen MR) is 118 cm³/mol. The molecule has 4 rings (SSSR count). The minimum absolute atomic E-state index is 0.110. The zero-order valence-corrected chi connectivity index (χ0v) is 16.8. The Kier molecular flexibility index (Phi) is 5.62. The van der Waals surface area contributed by atoms with Gasteiger partial charge in [0.05, 0.1) is 0 Å². The van der Waals surface area contributed by atoms with E-state index in [2.05, 4.69) is 10.3 Å². The molecule has 31 heavy (non-hydrogen) atoms. The van der Waals surface area contributed by atoms with Gasteiger partial charge in [0.1, 0.15) is 5.69 Å². The number of nitrogens with one attached hydrogen (secondary N) is 2. The average molecular weight is 412 g/mol. The first-order chi connectivity index (χ1) is 15.0. The van der Waals surface area contributed by atoms with Crippen molar-refractivity contribution in [2.24, 2.45) is 0 Å². The Hall–Kier alpha value is -4.19. The fourth-order valence-corrected chi connectivity index (χ4v) is 3.28. The van der Waals surface area contributed by atoms with Crippen molar-refractivity contribution >= 4 is 34.3 Å². The number of para-hydroxylation sites is 1. The summed E-state index contributed by atoms with van der Waals surface area (Å²) >= 11 is 0. The van der Waals surface area contributed by atoms with E-state index in [4.69, 9.17) is 4.74 Å². The second-order valence-corrected chi connectivity index (χ2v) is 7.09. The SMILES string of the molecule is CC(=O)c1cccc(NC(=O)[C@H](OC(=O)c2cc3ccccc3[nH]2)c2ccccc2)c1. The van der Waals surface area contributed by atoms with E-state index in [1.165, 1.54) is 6.92 Å². The Bertz CT molecular complexity index is 1230. The third-order valence-electron chi connectivity index (χ3n) is 4.85. The molecule has 2 N–H and O–H groups in total. The number of aromatic amines is 1. The highest BCUT2D eigenvalue weighted by molar-refractivity contribution is 6.00. The van der Waals surface area contributed by atoms with Gasteiger partial charge < -0.3 is 15.0 Å². The Labute approximate surface area is 178 Å². The number of ketones is 1. The molecule has 0 fully saturated rings. The molecule has 0 radical (unpaired) electrons. The van der Waals surface area contributed by atoms with Crippen molar-refractivity contribution in [3.05, 3.63) is 102 Å². The molecule has 1 aromatic heterocycles. The van der Waals surface area contributed by atoms with Crippen LogP contribution in [-0.2, 0) is 9.53 Å². The van der Waals surface area contributed by atoms with Crippen molar-refractivity contribution in [1.82, 2.24) is 4.98 Å². The van der Waals surface area contributed by atoms with Gasteiger partial charge in [0.25, 0.3) is 5.91 Å². The molecule has 0 aliphatic heterocycles. The van der Waals surface area contributed by atoms with Gasteiger partial charge in [-0.15, -0.1) is 0 Å². The summed E-state index contributed by atoms with van der Waals surface area (Å²) < 4.78 is 5.61. The van der Waals surface area contributed by atoms with Gasteiger partial charge in [0, 0.05) is 27.7 Å². The molecule has 6 heteroatoms. The van der Waals surface area contributed by atoms with E-state index in [1.807, 2.05) is 30.3 Å². The van der Waals surface area contributed by atoms with Crippen LogP contribution in [0.1, 0.15) is 39.4 Å². The molecular formula is C25H20N2O4. The summed E-state index contributed by atoms with van der Waals surface area (Å²) in [5.74, 6) is -1.27. The van der Waals surface area contributed by atoms with Gasteiger partial charge in [0.2, 0.25) is 6.10 Å². The zero-order valence-electron chi connectivity index (χ0n) is 16.8. The normalized spacial score (nSPS) is 11.6. The lowest BCUT2D eigenvalue weighted by molar-refractivity contribution is -0.125. The first-order valence-electron chi connectivity index (χ1n) is 9.77. The van der Waals surface area contributed by atoms with E-state index < -0.39 is 18.0 Å². The number of carbonyl (C=O) groups is 3. The van der Waals surface area contributed by atoms with Crippen molar-refractivity contribution in [3.8, 4) is 0 Å². The van der Waals surface area contributed by atoms with Gasteiger partial charge in [-0.05, 0) is 31.2 Å². The van der Waals surface area contributed by atoms with Crippen LogP contribution < -0.4 is 5.32 Å². The zero-order chi connectivity index (χ0) is 21.8. The summed E-state index contributed by atoms with van der Waals surface area (Å²) in [7, 11) is 0. The lowest BCUT2D eigenvalue weighted by Gasteiger charge is -2.18. The Morgan fingerprint density at radius 1 is 0.871 bits per heavy atom. The second kappa shape index (κ2) is 8.67. The maximum absolute atomic E-state index is 13.0. The van der Waals surface area contributed by atoms with E-state index in [9.17, 15) is 14.4 Å². The highest BCUT2D eigenvalue weighted by Gasteiger charge is 2.26. The highest BCUT2D eigenvalue weighted by atomic mass is 16.5. The Balaban J connectivity index is 1.60. The van der Waals surface area contributed by atoms with Crippen LogP contribution in [0.5, 0.6) is 0 Å². The quantitative estimate of drug-likeness (QED) is 0.348. The minimum atomic E-state index is -1.17. The minimum Gasteiger partial charge on any atom is -0.443 e. The molecule has 1 amide bonds. The van der Waals surface area contributed by atoms with E-state index in [-0.39, 0.29) is 11.5 Å². The van der Waals surface area contributed by atoms with Crippen LogP contribution in [0.3, 0.4) is 0 Å². The third kappa shape index (κ3) is 4.53. The summed E-state index contributed by atoms with van der Waals surface area (Å²) in [4.78, 5) is 40.5. The van der Waals surface area contributed by atoms with E-state index >= 15 is 0 Å². The Morgan fingerprint density at radius 3 is 2.35 bits per heavy atom. The fourth-order valence-electron chi connectivity index (χ4n) is 3.28. The highest BCUT2D eigenvalue weighted by Crippen LogP contribution is 2.23. The largest absolute Gasteiger partial charge is 0.443 e. The topological polar surface area (TPSA) is 88.3 Å². The average Bonchev–Trinajstić information content (AvgIpc) is 3.22. The monoisotopic (exact) mass is 412 g/mol. The number of amides is 1. The van der Waals surface area contributed by atoms with Crippen LogP contribution >= 0.6 is 0 Å². The molecule has 0 spiro atoms. The summed E-state index contributed by atoms with van der Waals surface area (Å²) in [6.45, 7) is 1.45. The number of aromatic nitrogens is 1. The molecule has 0 aliphatic carbocycles. The lowest BCUT2D eigenvalue weighted by Crippen LogP contribution is -2.26. The molecule has 0 saturated heterocycles. The van der Waals surface area contributed by atoms with Crippen LogP contribution in [-0.4, -0.2) is 22.6 Å². The van der Waals surface area contributed by atoms with Crippen molar-refractivity contribution in [2.45, 2.75) is 13.0 Å². The maximum atomic E-state index is 13.0. The van der Waals surface area contributed by atoms with Gasteiger partial charge in [-0.1, -0.05) is 60.7 Å². The van der Waals surface area contributed by atoms with Gasteiger partial charge >= 0.3 is 5.97 Å². The smallest absolute Gasteiger partial charge is 0.355 e. The number of Topliss-reactive ketones (excluding diaryl/α,β-unsaturated/α-hetero) is 1. The van der Waals surface area contributed by atoms with Crippen LogP contribution in [0.25, 0.3) is 10.9 Å². The number of anilines is 1. The lowest BCUT2D eigenvalue weighted by atomic mass is 10.1. The molecule has 3 aromatic carbocycles. The third-order valence-corrected chi connectivity index (χ3v) is 4.85. The van der Waals surface area contributed by atoms with Crippen molar-refractivity contribution < 1.29 is 19.1 Å². The molecule has 6 nitrogen and oxygen atoms in total. The second-order valence-electron chi connectivity index (χ2n) is 7.09. The number of H-pyrrole nitrogens is 1. The van der Waals surface area contributed by atoms with Crippen LogP contribution in [0, 0.1) is 0 Å². The number of hydrogen-bond donors (Lipinski definition) is 2.